The van der Waals surface area contributed by atoms with Crippen LogP contribution in [0, 0.1) is 5.82 Å². The first-order valence-corrected chi connectivity index (χ1v) is 7.82. The van der Waals surface area contributed by atoms with Gasteiger partial charge in [-0.2, -0.15) is 11.8 Å². The number of thioether (sulfide) groups is 1. The van der Waals surface area contributed by atoms with Gasteiger partial charge in [-0.3, -0.25) is 0 Å². The van der Waals surface area contributed by atoms with Crippen LogP contribution in [0.3, 0.4) is 0 Å². The van der Waals surface area contributed by atoms with Crippen molar-refractivity contribution in [1.82, 2.24) is 10.2 Å². The number of hydrogen-bond acceptors (Lipinski definition) is 4. The molecule has 1 heterocycles. The predicted octanol–water partition coefficient (Wildman–Crippen LogP) is 3.47. The summed E-state index contributed by atoms with van der Waals surface area (Å²) in [5.41, 5.74) is 1.62. The van der Waals surface area contributed by atoms with Crippen molar-refractivity contribution in [2.75, 3.05) is 24.0 Å². The summed E-state index contributed by atoms with van der Waals surface area (Å²) in [6, 6.07) is 10.5. The van der Waals surface area contributed by atoms with Gasteiger partial charge in [-0.25, -0.2) is 4.39 Å². The van der Waals surface area contributed by atoms with E-state index in [2.05, 4.69) is 28.3 Å². The summed E-state index contributed by atoms with van der Waals surface area (Å²) < 4.78 is 12.9. The molecular weight excluding hydrogens is 273 g/mol. The number of halogens is 1. The average molecular weight is 291 g/mol. The molecule has 0 spiro atoms. The van der Waals surface area contributed by atoms with Gasteiger partial charge in [0.05, 0.1) is 5.69 Å². The fraction of sp³-hybridized carbons (Fsp3) is 0.333. The molecule has 5 heteroatoms. The predicted molar refractivity (Wildman–Crippen MR) is 83.7 cm³/mol. The van der Waals surface area contributed by atoms with E-state index in [9.17, 15) is 4.39 Å². The maximum Gasteiger partial charge on any atom is 0.151 e. The highest BCUT2D eigenvalue weighted by atomic mass is 32.2. The second-order valence-electron chi connectivity index (χ2n) is 4.70. The molecule has 1 atom stereocenters. The third kappa shape index (κ3) is 3.48. The number of aromatic nitrogens is 2. The Morgan fingerprint density at radius 2 is 1.85 bits per heavy atom. The maximum atomic E-state index is 12.9. The van der Waals surface area contributed by atoms with Crippen LogP contribution >= 0.6 is 11.8 Å². The summed E-state index contributed by atoms with van der Waals surface area (Å²) in [7, 11) is 2.02. The topological polar surface area (TPSA) is 29.0 Å². The SMILES string of the molecule is CSCC(C)N(C)c1ccc(-c2ccc(F)cc2)nn1. The second kappa shape index (κ2) is 6.70. The van der Waals surface area contributed by atoms with Crippen molar-refractivity contribution >= 4 is 17.6 Å². The van der Waals surface area contributed by atoms with E-state index in [1.807, 2.05) is 30.9 Å². The molecule has 0 radical (unpaired) electrons. The Kier molecular flexibility index (Phi) is 4.95. The molecule has 2 aromatic rings. The average Bonchev–Trinajstić information content (AvgIpc) is 2.48. The van der Waals surface area contributed by atoms with Gasteiger partial charge in [0.1, 0.15) is 5.82 Å². The van der Waals surface area contributed by atoms with Crippen molar-refractivity contribution in [1.29, 1.82) is 0 Å². The fourth-order valence-corrected chi connectivity index (χ4v) is 2.57. The van der Waals surface area contributed by atoms with Gasteiger partial charge < -0.3 is 4.90 Å². The minimum absolute atomic E-state index is 0.246. The third-order valence-electron chi connectivity index (χ3n) is 3.22. The molecule has 1 unspecified atom stereocenters. The fourth-order valence-electron chi connectivity index (χ4n) is 1.87. The minimum Gasteiger partial charge on any atom is -0.355 e. The van der Waals surface area contributed by atoms with Crippen LogP contribution in [-0.2, 0) is 0 Å². The van der Waals surface area contributed by atoms with Crippen molar-refractivity contribution in [2.45, 2.75) is 13.0 Å². The normalized spacial score (nSPS) is 12.2. The first kappa shape index (κ1) is 14.8. The third-order valence-corrected chi connectivity index (χ3v) is 4.04. The Morgan fingerprint density at radius 1 is 1.15 bits per heavy atom. The van der Waals surface area contributed by atoms with E-state index < -0.39 is 0 Å². The van der Waals surface area contributed by atoms with E-state index in [0.717, 1.165) is 22.8 Å². The Hall–Kier alpha value is -1.62. The van der Waals surface area contributed by atoms with E-state index in [4.69, 9.17) is 0 Å². The van der Waals surface area contributed by atoms with Crippen molar-refractivity contribution < 1.29 is 4.39 Å². The van der Waals surface area contributed by atoms with Crippen LogP contribution in [0.5, 0.6) is 0 Å². The molecule has 1 aromatic carbocycles. The van der Waals surface area contributed by atoms with Crippen molar-refractivity contribution in [2.24, 2.45) is 0 Å². The van der Waals surface area contributed by atoms with Crippen LogP contribution in [0.25, 0.3) is 11.3 Å². The quantitative estimate of drug-likeness (QED) is 0.843. The van der Waals surface area contributed by atoms with Crippen molar-refractivity contribution in [3.05, 3.63) is 42.2 Å². The summed E-state index contributed by atoms with van der Waals surface area (Å²) in [5, 5.41) is 8.47. The van der Waals surface area contributed by atoms with Crippen molar-refractivity contribution in [3.63, 3.8) is 0 Å². The van der Waals surface area contributed by atoms with E-state index in [1.165, 1.54) is 12.1 Å². The largest absolute Gasteiger partial charge is 0.355 e. The summed E-state index contributed by atoms with van der Waals surface area (Å²) in [5.74, 6) is 1.64. The van der Waals surface area contributed by atoms with Crippen LogP contribution < -0.4 is 4.90 Å². The molecule has 106 valence electrons. The van der Waals surface area contributed by atoms with Gasteiger partial charge in [0.2, 0.25) is 0 Å². The molecule has 0 aliphatic heterocycles. The van der Waals surface area contributed by atoms with Gasteiger partial charge in [0.25, 0.3) is 0 Å². The number of hydrogen-bond donors (Lipinski definition) is 0. The van der Waals surface area contributed by atoms with Crippen LogP contribution in [-0.4, -0.2) is 35.3 Å². The Morgan fingerprint density at radius 3 is 2.40 bits per heavy atom. The Balaban J connectivity index is 2.15. The van der Waals surface area contributed by atoms with Gasteiger partial charge in [-0.15, -0.1) is 10.2 Å². The lowest BCUT2D eigenvalue weighted by Crippen LogP contribution is -2.31. The van der Waals surface area contributed by atoms with Crippen LogP contribution in [0.2, 0.25) is 0 Å². The van der Waals surface area contributed by atoms with E-state index >= 15 is 0 Å². The van der Waals surface area contributed by atoms with Crippen molar-refractivity contribution in [3.8, 4) is 11.3 Å². The first-order chi connectivity index (χ1) is 9.61. The Bertz CT molecular complexity index is 542. The number of anilines is 1. The molecule has 2 rings (SSSR count). The maximum absolute atomic E-state index is 12.9. The standard InChI is InChI=1S/C15H18FN3S/c1-11(10-20-3)19(2)15-9-8-14(17-18-15)12-4-6-13(16)7-5-12/h4-9,11H,10H2,1-3H3. The number of benzene rings is 1. The van der Waals surface area contributed by atoms with Gasteiger partial charge in [-0.05, 0) is 49.6 Å². The molecule has 0 fully saturated rings. The van der Waals surface area contributed by atoms with E-state index in [-0.39, 0.29) is 5.82 Å². The lowest BCUT2D eigenvalue weighted by atomic mass is 10.1. The molecule has 0 saturated heterocycles. The molecule has 0 aliphatic rings. The summed E-state index contributed by atoms with van der Waals surface area (Å²) >= 11 is 1.81. The van der Waals surface area contributed by atoms with Crippen LogP contribution in [0.1, 0.15) is 6.92 Å². The van der Waals surface area contributed by atoms with Crippen LogP contribution in [0.4, 0.5) is 10.2 Å². The molecular formula is C15H18FN3S. The highest BCUT2D eigenvalue weighted by Crippen LogP contribution is 2.19. The van der Waals surface area contributed by atoms with Gasteiger partial charge in [-0.1, -0.05) is 0 Å². The molecule has 0 saturated carbocycles. The molecule has 1 aromatic heterocycles. The Labute approximate surface area is 123 Å². The summed E-state index contributed by atoms with van der Waals surface area (Å²) in [6.45, 7) is 2.16. The zero-order valence-corrected chi connectivity index (χ0v) is 12.7. The molecule has 3 nitrogen and oxygen atoms in total. The lowest BCUT2D eigenvalue weighted by molar-refractivity contribution is 0.628. The molecule has 0 amide bonds. The van der Waals surface area contributed by atoms with Crippen LogP contribution in [0.15, 0.2) is 36.4 Å². The van der Waals surface area contributed by atoms with E-state index in [1.54, 1.807) is 12.1 Å². The highest BCUT2D eigenvalue weighted by molar-refractivity contribution is 7.98. The summed E-state index contributed by atoms with van der Waals surface area (Å²) in [6.07, 6.45) is 2.09. The lowest BCUT2D eigenvalue weighted by Gasteiger charge is -2.24. The van der Waals surface area contributed by atoms with Gasteiger partial charge >= 0.3 is 0 Å². The van der Waals surface area contributed by atoms with E-state index in [0.29, 0.717) is 6.04 Å². The first-order valence-electron chi connectivity index (χ1n) is 6.43. The molecule has 0 aliphatic carbocycles. The monoisotopic (exact) mass is 291 g/mol. The number of rotatable bonds is 5. The zero-order chi connectivity index (χ0) is 14.5. The molecule has 0 bridgehead atoms. The van der Waals surface area contributed by atoms with Gasteiger partial charge in [0, 0.05) is 24.4 Å². The smallest absolute Gasteiger partial charge is 0.151 e. The minimum atomic E-state index is -0.246. The second-order valence-corrected chi connectivity index (χ2v) is 5.61. The summed E-state index contributed by atoms with van der Waals surface area (Å²) in [4.78, 5) is 2.11. The number of nitrogens with zero attached hydrogens (tertiary/aromatic N) is 3. The molecule has 20 heavy (non-hydrogen) atoms. The highest BCUT2D eigenvalue weighted by Gasteiger charge is 2.11. The molecule has 0 N–H and O–H groups in total. The van der Waals surface area contributed by atoms with Gasteiger partial charge in [0.15, 0.2) is 5.82 Å². The zero-order valence-electron chi connectivity index (χ0n) is 11.9.